The molecule has 0 aliphatic carbocycles. The van der Waals surface area contributed by atoms with E-state index in [4.69, 9.17) is 9.57 Å². The number of hydrogen-bond acceptors (Lipinski definition) is 5. The zero-order valence-electron chi connectivity index (χ0n) is 17.3. The van der Waals surface area contributed by atoms with Gasteiger partial charge in [0.25, 0.3) is 15.9 Å². The lowest BCUT2D eigenvalue weighted by atomic mass is 10.2. The molecule has 162 valence electrons. The van der Waals surface area contributed by atoms with Crippen LogP contribution < -0.4 is 14.9 Å². The Kier molecular flexibility index (Phi) is 7.28. The average molecular weight is 441 g/mol. The van der Waals surface area contributed by atoms with Crippen LogP contribution in [0.2, 0.25) is 0 Å². The molecule has 0 atom stereocenters. The Labute approximate surface area is 182 Å². The van der Waals surface area contributed by atoms with Crippen molar-refractivity contribution >= 4 is 21.6 Å². The fourth-order valence-corrected chi connectivity index (χ4v) is 4.12. The number of rotatable bonds is 9. The fraction of sp³-hybridized carbons (Fsp3) is 0.174. The molecule has 0 aliphatic heterocycles. The summed E-state index contributed by atoms with van der Waals surface area (Å²) in [7, 11) is -2.62. The molecule has 0 aliphatic rings. The molecule has 0 aromatic heterocycles. The van der Waals surface area contributed by atoms with Gasteiger partial charge in [-0.3, -0.25) is 14.4 Å². The third-order valence-corrected chi connectivity index (χ3v) is 5.98. The average Bonchev–Trinajstić information content (AvgIpc) is 2.79. The van der Waals surface area contributed by atoms with Gasteiger partial charge in [0.2, 0.25) is 0 Å². The summed E-state index contributed by atoms with van der Waals surface area (Å²) in [5, 5.41) is 0. The van der Waals surface area contributed by atoms with Gasteiger partial charge < -0.3 is 4.74 Å². The van der Waals surface area contributed by atoms with E-state index in [-0.39, 0.29) is 22.8 Å². The van der Waals surface area contributed by atoms with E-state index in [1.54, 1.807) is 12.1 Å². The second kappa shape index (κ2) is 10.1. The molecule has 7 nitrogen and oxygen atoms in total. The maximum Gasteiger partial charge on any atom is 0.274 e. The van der Waals surface area contributed by atoms with Crippen LogP contribution in [0.15, 0.2) is 77.7 Å². The van der Waals surface area contributed by atoms with Crippen molar-refractivity contribution in [2.75, 3.05) is 11.8 Å². The monoisotopic (exact) mass is 440 g/mol. The van der Waals surface area contributed by atoms with Crippen molar-refractivity contribution in [2.45, 2.75) is 24.8 Å². The van der Waals surface area contributed by atoms with Crippen LogP contribution in [-0.4, -0.2) is 21.4 Å². The lowest BCUT2D eigenvalue weighted by Crippen LogP contribution is -2.24. The Morgan fingerprint density at radius 3 is 2.29 bits per heavy atom. The number of ether oxygens (including phenoxy) is 1. The molecule has 0 radical (unpaired) electrons. The van der Waals surface area contributed by atoms with Crippen molar-refractivity contribution in [2.24, 2.45) is 0 Å². The minimum absolute atomic E-state index is 0.121. The molecule has 0 heterocycles. The Morgan fingerprint density at radius 1 is 0.935 bits per heavy atom. The summed E-state index contributed by atoms with van der Waals surface area (Å²) >= 11 is 0. The number of anilines is 1. The number of carbonyl (C=O) groups is 1. The smallest absolute Gasteiger partial charge is 0.274 e. The standard InChI is InChI=1S/C23H24N2O5S/c1-3-17-9-12-20(13-10-17)25-31(27,28)22-15-19(11-14-21(22)29-2)23(26)24-30-16-18-7-5-4-6-8-18/h4-15,25H,3,16H2,1-2H3,(H,24,26). The summed E-state index contributed by atoms with van der Waals surface area (Å²) in [5.74, 6) is -0.443. The molecule has 1 amide bonds. The van der Waals surface area contributed by atoms with Crippen LogP contribution in [0.4, 0.5) is 5.69 Å². The van der Waals surface area contributed by atoms with E-state index in [1.807, 2.05) is 49.4 Å². The number of methoxy groups -OCH3 is 1. The van der Waals surface area contributed by atoms with Gasteiger partial charge in [-0.25, -0.2) is 13.9 Å². The molecule has 3 rings (SSSR count). The van der Waals surface area contributed by atoms with Gasteiger partial charge in [0.15, 0.2) is 0 Å². The van der Waals surface area contributed by atoms with Crippen molar-refractivity contribution < 1.29 is 22.8 Å². The molecule has 0 bridgehead atoms. The summed E-state index contributed by atoms with van der Waals surface area (Å²) in [5.41, 5.74) is 4.85. The lowest BCUT2D eigenvalue weighted by molar-refractivity contribution is 0.0233. The number of amides is 1. The van der Waals surface area contributed by atoms with Crippen LogP contribution in [0.3, 0.4) is 0 Å². The highest BCUT2D eigenvalue weighted by Crippen LogP contribution is 2.27. The van der Waals surface area contributed by atoms with Gasteiger partial charge in [-0.1, -0.05) is 49.4 Å². The molecule has 31 heavy (non-hydrogen) atoms. The zero-order chi connectivity index (χ0) is 22.3. The predicted octanol–water partition coefficient (Wildman–Crippen LogP) is 3.92. The normalized spacial score (nSPS) is 11.0. The molecule has 2 N–H and O–H groups in total. The number of nitrogens with one attached hydrogen (secondary N) is 2. The van der Waals surface area contributed by atoms with Crippen LogP contribution in [0, 0.1) is 0 Å². The highest BCUT2D eigenvalue weighted by Gasteiger charge is 2.22. The number of sulfonamides is 1. The first kappa shape index (κ1) is 22.3. The summed E-state index contributed by atoms with van der Waals surface area (Å²) in [6, 6.07) is 20.6. The minimum Gasteiger partial charge on any atom is -0.495 e. The first-order chi connectivity index (χ1) is 14.9. The Morgan fingerprint density at radius 2 is 1.65 bits per heavy atom. The molecule has 0 saturated carbocycles. The van der Waals surface area contributed by atoms with E-state index in [2.05, 4.69) is 10.2 Å². The summed E-state index contributed by atoms with van der Waals surface area (Å²) in [4.78, 5) is 17.5. The molecule has 3 aromatic carbocycles. The highest BCUT2D eigenvalue weighted by molar-refractivity contribution is 7.92. The van der Waals surface area contributed by atoms with Crippen LogP contribution in [0.1, 0.15) is 28.4 Å². The summed E-state index contributed by atoms with van der Waals surface area (Å²) < 4.78 is 33.6. The molecule has 0 saturated heterocycles. The van der Waals surface area contributed by atoms with Crippen molar-refractivity contribution in [3.63, 3.8) is 0 Å². The first-order valence-corrected chi connectivity index (χ1v) is 11.2. The molecular weight excluding hydrogens is 416 g/mol. The maximum atomic E-state index is 13.0. The van der Waals surface area contributed by atoms with Gasteiger partial charge in [-0.05, 0) is 47.9 Å². The number of hydrogen-bond donors (Lipinski definition) is 2. The van der Waals surface area contributed by atoms with E-state index in [1.165, 1.54) is 25.3 Å². The molecule has 0 unspecified atom stereocenters. The van der Waals surface area contributed by atoms with E-state index >= 15 is 0 Å². The number of hydroxylamine groups is 1. The van der Waals surface area contributed by atoms with Crippen molar-refractivity contribution in [3.8, 4) is 5.75 Å². The number of carbonyl (C=O) groups excluding carboxylic acids is 1. The van der Waals surface area contributed by atoms with E-state index in [0.29, 0.717) is 5.69 Å². The zero-order valence-corrected chi connectivity index (χ0v) is 18.1. The third kappa shape index (κ3) is 5.84. The van der Waals surface area contributed by atoms with Crippen molar-refractivity contribution in [1.82, 2.24) is 5.48 Å². The quantitative estimate of drug-likeness (QED) is 0.492. The molecular formula is C23H24N2O5S. The van der Waals surface area contributed by atoms with Gasteiger partial charge in [0.05, 0.1) is 13.7 Å². The van der Waals surface area contributed by atoms with Crippen LogP contribution >= 0.6 is 0 Å². The minimum atomic E-state index is -3.99. The predicted molar refractivity (Wildman–Crippen MR) is 118 cm³/mol. The summed E-state index contributed by atoms with van der Waals surface area (Å²) in [6.07, 6.45) is 0.852. The van der Waals surface area contributed by atoms with Gasteiger partial charge in [0.1, 0.15) is 10.6 Å². The second-order valence-electron chi connectivity index (χ2n) is 6.73. The number of benzene rings is 3. The Balaban J connectivity index is 1.76. The maximum absolute atomic E-state index is 13.0. The lowest BCUT2D eigenvalue weighted by Gasteiger charge is -2.13. The van der Waals surface area contributed by atoms with Crippen LogP contribution in [-0.2, 0) is 27.9 Å². The van der Waals surface area contributed by atoms with Crippen molar-refractivity contribution in [3.05, 3.63) is 89.5 Å². The molecule has 0 fully saturated rings. The topological polar surface area (TPSA) is 93.7 Å². The van der Waals surface area contributed by atoms with Gasteiger partial charge >= 0.3 is 0 Å². The van der Waals surface area contributed by atoms with E-state index in [9.17, 15) is 13.2 Å². The number of aryl methyl sites for hydroxylation is 1. The third-order valence-electron chi connectivity index (χ3n) is 4.58. The Hall–Kier alpha value is -3.36. The van der Waals surface area contributed by atoms with Crippen molar-refractivity contribution in [1.29, 1.82) is 0 Å². The fourth-order valence-electron chi connectivity index (χ4n) is 2.86. The van der Waals surface area contributed by atoms with E-state index in [0.717, 1.165) is 17.5 Å². The van der Waals surface area contributed by atoms with Gasteiger partial charge in [-0.15, -0.1) is 0 Å². The van der Waals surface area contributed by atoms with Crippen LogP contribution in [0.25, 0.3) is 0 Å². The molecule has 0 spiro atoms. The second-order valence-corrected chi connectivity index (χ2v) is 8.38. The molecule has 3 aromatic rings. The Bertz CT molecular complexity index is 1130. The van der Waals surface area contributed by atoms with Crippen LogP contribution in [0.5, 0.6) is 5.75 Å². The van der Waals surface area contributed by atoms with Gasteiger partial charge in [-0.2, -0.15) is 0 Å². The summed E-state index contributed by atoms with van der Waals surface area (Å²) in [6.45, 7) is 2.20. The van der Waals surface area contributed by atoms with Gasteiger partial charge in [0, 0.05) is 11.3 Å². The first-order valence-electron chi connectivity index (χ1n) is 9.69. The molecule has 8 heteroatoms. The largest absolute Gasteiger partial charge is 0.495 e. The SMILES string of the molecule is CCc1ccc(NS(=O)(=O)c2cc(C(=O)NOCc3ccccc3)ccc2OC)cc1. The highest BCUT2D eigenvalue weighted by atomic mass is 32.2. The van der Waals surface area contributed by atoms with E-state index < -0.39 is 15.9 Å².